The molecule has 0 aliphatic carbocycles. The van der Waals surface area contributed by atoms with E-state index < -0.39 is 0 Å². The van der Waals surface area contributed by atoms with Crippen molar-refractivity contribution in [3.63, 3.8) is 0 Å². The Kier molecular flexibility index (Phi) is 5.46. The zero-order valence-electron chi connectivity index (χ0n) is 11.8. The van der Waals surface area contributed by atoms with Gasteiger partial charge in [-0.2, -0.15) is 0 Å². The molecular formula is C17H17NO2S. The first-order chi connectivity index (χ1) is 10.1. The van der Waals surface area contributed by atoms with Crippen LogP contribution in [0.15, 0.2) is 48.5 Å². The highest BCUT2D eigenvalue weighted by Gasteiger charge is 2.04. The average molecular weight is 299 g/mol. The highest BCUT2D eigenvalue weighted by molar-refractivity contribution is 7.14. The van der Waals surface area contributed by atoms with Crippen molar-refractivity contribution in [3.05, 3.63) is 63.9 Å². The Morgan fingerprint density at radius 1 is 1.14 bits per heavy atom. The van der Waals surface area contributed by atoms with Crippen LogP contribution in [0.5, 0.6) is 0 Å². The van der Waals surface area contributed by atoms with Gasteiger partial charge in [-0.3, -0.25) is 9.59 Å². The highest BCUT2D eigenvalue weighted by Crippen LogP contribution is 2.17. The van der Waals surface area contributed by atoms with E-state index in [9.17, 15) is 9.59 Å². The summed E-state index contributed by atoms with van der Waals surface area (Å²) in [5, 5.41) is 2.84. The predicted octanol–water partition coefficient (Wildman–Crippen LogP) is 3.32. The van der Waals surface area contributed by atoms with Gasteiger partial charge in [0.15, 0.2) is 5.78 Å². The Bertz CT molecular complexity index is 644. The number of hydrogen-bond donors (Lipinski definition) is 1. The van der Waals surface area contributed by atoms with E-state index in [2.05, 4.69) is 5.32 Å². The van der Waals surface area contributed by atoms with Gasteiger partial charge in [-0.05, 0) is 37.1 Å². The quantitative estimate of drug-likeness (QED) is 0.657. The van der Waals surface area contributed by atoms with E-state index in [1.807, 2.05) is 42.5 Å². The van der Waals surface area contributed by atoms with Crippen molar-refractivity contribution in [2.75, 3.05) is 6.54 Å². The maximum Gasteiger partial charge on any atom is 0.244 e. The molecule has 0 radical (unpaired) electrons. The Morgan fingerprint density at radius 2 is 1.90 bits per heavy atom. The van der Waals surface area contributed by atoms with Crippen molar-refractivity contribution in [2.24, 2.45) is 0 Å². The second-order valence-corrected chi connectivity index (χ2v) is 5.78. The Hall–Kier alpha value is -2.20. The van der Waals surface area contributed by atoms with Crippen molar-refractivity contribution in [1.82, 2.24) is 5.32 Å². The van der Waals surface area contributed by atoms with Crippen LogP contribution in [0.3, 0.4) is 0 Å². The van der Waals surface area contributed by atoms with Crippen LogP contribution in [0.25, 0.3) is 6.08 Å². The van der Waals surface area contributed by atoms with Gasteiger partial charge in [-0.25, -0.2) is 0 Å². The van der Waals surface area contributed by atoms with Crippen LogP contribution >= 0.6 is 11.3 Å². The molecule has 0 bridgehead atoms. The van der Waals surface area contributed by atoms with Crippen LogP contribution < -0.4 is 5.32 Å². The summed E-state index contributed by atoms with van der Waals surface area (Å²) in [7, 11) is 0. The summed E-state index contributed by atoms with van der Waals surface area (Å²) in [5.41, 5.74) is 0.997. The normalized spacial score (nSPS) is 10.7. The lowest BCUT2D eigenvalue weighted by molar-refractivity contribution is -0.116. The van der Waals surface area contributed by atoms with Gasteiger partial charge in [-0.15, -0.1) is 11.3 Å². The van der Waals surface area contributed by atoms with Crippen LogP contribution in [-0.2, 0) is 11.2 Å². The van der Waals surface area contributed by atoms with Crippen LogP contribution in [-0.4, -0.2) is 18.2 Å². The number of carbonyl (C=O) groups excluding carboxylic acids is 2. The molecule has 108 valence electrons. The zero-order chi connectivity index (χ0) is 15.1. The Labute approximate surface area is 128 Å². The molecule has 1 N–H and O–H groups in total. The molecule has 2 aromatic rings. The minimum Gasteiger partial charge on any atom is -0.352 e. The molecule has 2 rings (SSSR count). The summed E-state index contributed by atoms with van der Waals surface area (Å²) < 4.78 is 0. The van der Waals surface area contributed by atoms with Gasteiger partial charge in [0.05, 0.1) is 4.88 Å². The van der Waals surface area contributed by atoms with E-state index in [0.29, 0.717) is 6.54 Å². The number of carbonyl (C=O) groups is 2. The molecule has 1 heterocycles. The van der Waals surface area contributed by atoms with E-state index in [-0.39, 0.29) is 11.7 Å². The van der Waals surface area contributed by atoms with Gasteiger partial charge in [0, 0.05) is 17.5 Å². The lowest BCUT2D eigenvalue weighted by atomic mass is 10.2. The summed E-state index contributed by atoms with van der Waals surface area (Å²) >= 11 is 1.48. The van der Waals surface area contributed by atoms with Crippen molar-refractivity contribution in [1.29, 1.82) is 0 Å². The number of thiophene rings is 1. The molecule has 0 atom stereocenters. The zero-order valence-corrected chi connectivity index (χ0v) is 12.7. The van der Waals surface area contributed by atoms with Crippen molar-refractivity contribution < 1.29 is 9.59 Å². The number of rotatable bonds is 6. The van der Waals surface area contributed by atoms with Gasteiger partial charge in [0.1, 0.15) is 0 Å². The van der Waals surface area contributed by atoms with Gasteiger partial charge in [0.25, 0.3) is 0 Å². The highest BCUT2D eigenvalue weighted by atomic mass is 32.1. The Balaban J connectivity index is 1.76. The third-order valence-electron chi connectivity index (χ3n) is 2.91. The molecule has 0 unspecified atom stereocenters. The minimum atomic E-state index is -0.109. The summed E-state index contributed by atoms with van der Waals surface area (Å²) in [5.74, 6) is -0.0247. The molecule has 3 nitrogen and oxygen atoms in total. The molecule has 0 fully saturated rings. The average Bonchev–Trinajstić information content (AvgIpc) is 2.95. The molecule has 0 aliphatic heterocycles. The van der Waals surface area contributed by atoms with Gasteiger partial charge >= 0.3 is 0 Å². The molecular weight excluding hydrogens is 282 g/mol. The molecule has 4 heteroatoms. The van der Waals surface area contributed by atoms with Crippen molar-refractivity contribution in [3.8, 4) is 0 Å². The summed E-state index contributed by atoms with van der Waals surface area (Å²) in [6, 6.07) is 13.5. The molecule has 1 aromatic carbocycles. The first-order valence-corrected chi connectivity index (χ1v) is 7.57. The molecule has 0 aliphatic rings. The van der Waals surface area contributed by atoms with E-state index in [4.69, 9.17) is 0 Å². The van der Waals surface area contributed by atoms with E-state index in [0.717, 1.165) is 21.7 Å². The topological polar surface area (TPSA) is 46.2 Å². The molecule has 0 saturated carbocycles. The Morgan fingerprint density at radius 3 is 2.57 bits per heavy atom. The van der Waals surface area contributed by atoms with Crippen LogP contribution in [0, 0.1) is 0 Å². The maximum atomic E-state index is 11.7. The first-order valence-electron chi connectivity index (χ1n) is 6.76. The number of nitrogens with one attached hydrogen (secondary N) is 1. The standard InChI is InChI=1S/C17H17NO2S/c1-13(19)16-9-8-15(21-16)11-12-18-17(20)10-7-14-5-3-2-4-6-14/h2-10H,11-12H2,1H3,(H,18,20). The largest absolute Gasteiger partial charge is 0.352 e. The summed E-state index contributed by atoms with van der Waals surface area (Å²) in [6.07, 6.45) is 4.06. The molecule has 21 heavy (non-hydrogen) atoms. The number of benzene rings is 1. The molecule has 1 aromatic heterocycles. The monoisotopic (exact) mass is 299 g/mol. The second kappa shape index (κ2) is 7.55. The maximum absolute atomic E-state index is 11.7. The number of amides is 1. The summed E-state index contributed by atoms with van der Waals surface area (Å²) in [4.78, 5) is 24.7. The predicted molar refractivity (Wildman–Crippen MR) is 86.5 cm³/mol. The fourth-order valence-electron chi connectivity index (χ4n) is 1.81. The minimum absolute atomic E-state index is 0.0843. The molecule has 0 spiro atoms. The summed E-state index contributed by atoms with van der Waals surface area (Å²) in [6.45, 7) is 2.13. The van der Waals surface area contributed by atoms with Crippen molar-refractivity contribution in [2.45, 2.75) is 13.3 Å². The second-order valence-electron chi connectivity index (χ2n) is 4.61. The molecule has 1 amide bonds. The third kappa shape index (κ3) is 5.00. The fraction of sp³-hybridized carbons (Fsp3) is 0.176. The van der Waals surface area contributed by atoms with Gasteiger partial charge < -0.3 is 5.32 Å². The van der Waals surface area contributed by atoms with E-state index in [1.165, 1.54) is 17.4 Å². The third-order valence-corrected chi connectivity index (χ3v) is 4.15. The number of hydrogen-bond acceptors (Lipinski definition) is 3. The lowest BCUT2D eigenvalue weighted by Gasteiger charge is -2.00. The number of ketones is 1. The SMILES string of the molecule is CC(=O)c1ccc(CCNC(=O)C=Cc2ccccc2)s1. The van der Waals surface area contributed by atoms with Gasteiger partial charge in [-0.1, -0.05) is 30.3 Å². The first kappa shape index (κ1) is 15.2. The van der Waals surface area contributed by atoms with Crippen LogP contribution in [0.1, 0.15) is 27.0 Å². The lowest BCUT2D eigenvalue weighted by Crippen LogP contribution is -2.23. The molecule has 0 saturated heterocycles. The fourth-order valence-corrected chi connectivity index (χ4v) is 2.71. The smallest absolute Gasteiger partial charge is 0.244 e. The van der Waals surface area contributed by atoms with Crippen LogP contribution in [0.4, 0.5) is 0 Å². The van der Waals surface area contributed by atoms with E-state index >= 15 is 0 Å². The number of Topliss-reactive ketones (excluding diaryl/α,β-unsaturated/α-hetero) is 1. The van der Waals surface area contributed by atoms with Gasteiger partial charge in [0.2, 0.25) is 5.91 Å². The van der Waals surface area contributed by atoms with Crippen molar-refractivity contribution >= 4 is 29.1 Å². The van der Waals surface area contributed by atoms with Crippen LogP contribution in [0.2, 0.25) is 0 Å². The van der Waals surface area contributed by atoms with E-state index in [1.54, 1.807) is 13.0 Å².